The van der Waals surface area contributed by atoms with E-state index in [-0.39, 0.29) is 12.5 Å². The van der Waals surface area contributed by atoms with E-state index in [0.29, 0.717) is 12.6 Å². The van der Waals surface area contributed by atoms with Gasteiger partial charge in [-0.25, -0.2) is 4.68 Å². The van der Waals surface area contributed by atoms with Gasteiger partial charge in [-0.1, -0.05) is 0 Å². The molecule has 8 heteroatoms. The lowest BCUT2D eigenvalue weighted by Gasteiger charge is -2.31. The van der Waals surface area contributed by atoms with E-state index in [1.807, 2.05) is 4.68 Å². The largest absolute Gasteiger partial charge is 0.481 e. The van der Waals surface area contributed by atoms with Crippen LogP contribution in [0.1, 0.15) is 44.0 Å². The summed E-state index contributed by atoms with van der Waals surface area (Å²) in [5, 5.41) is 20.6. The molecule has 116 valence electrons. The van der Waals surface area contributed by atoms with Gasteiger partial charge in [0.1, 0.15) is 0 Å². The second-order valence-electron chi connectivity index (χ2n) is 5.76. The van der Waals surface area contributed by atoms with Gasteiger partial charge in [-0.3, -0.25) is 9.69 Å². The van der Waals surface area contributed by atoms with E-state index in [0.717, 1.165) is 38.3 Å². The van der Waals surface area contributed by atoms with E-state index in [4.69, 9.17) is 9.84 Å². The number of hydrogen-bond acceptors (Lipinski definition) is 6. The molecule has 8 nitrogen and oxygen atoms in total. The van der Waals surface area contributed by atoms with Gasteiger partial charge in [0.25, 0.3) is 0 Å². The standard InChI is InChI=1S/C13H21N5O3/c19-13(20)5-8-21-11-3-6-17(7-4-11)9-12-14-15-16-18(12)10-1-2-10/h10-11H,1-9H2,(H,19,20). The summed E-state index contributed by atoms with van der Waals surface area (Å²) in [7, 11) is 0. The zero-order valence-electron chi connectivity index (χ0n) is 12.0. The molecule has 2 heterocycles. The smallest absolute Gasteiger partial charge is 0.305 e. The molecule has 3 rings (SSSR count). The molecular formula is C13H21N5O3. The minimum absolute atomic E-state index is 0.0797. The van der Waals surface area contributed by atoms with Crippen molar-refractivity contribution in [3.05, 3.63) is 5.82 Å². The molecule has 1 aliphatic heterocycles. The van der Waals surface area contributed by atoms with Gasteiger partial charge in [0.15, 0.2) is 5.82 Å². The quantitative estimate of drug-likeness (QED) is 0.781. The number of carboxylic acid groups (broad SMARTS) is 1. The van der Waals surface area contributed by atoms with Crippen LogP contribution in [0.15, 0.2) is 0 Å². The molecule has 0 bridgehead atoms. The molecule has 1 aromatic rings. The zero-order valence-corrected chi connectivity index (χ0v) is 12.0. The van der Waals surface area contributed by atoms with Crippen LogP contribution < -0.4 is 0 Å². The molecule has 0 atom stereocenters. The molecule has 1 aromatic heterocycles. The van der Waals surface area contributed by atoms with E-state index in [1.165, 1.54) is 12.8 Å². The number of nitrogens with zero attached hydrogens (tertiary/aromatic N) is 5. The number of carbonyl (C=O) groups is 1. The number of hydrogen-bond donors (Lipinski definition) is 1. The summed E-state index contributed by atoms with van der Waals surface area (Å²) >= 11 is 0. The van der Waals surface area contributed by atoms with Crippen molar-refractivity contribution in [2.75, 3.05) is 19.7 Å². The summed E-state index contributed by atoms with van der Waals surface area (Å²) < 4.78 is 7.55. The van der Waals surface area contributed by atoms with Crippen LogP contribution >= 0.6 is 0 Å². The van der Waals surface area contributed by atoms with Crippen molar-refractivity contribution in [2.24, 2.45) is 0 Å². The van der Waals surface area contributed by atoms with Crippen LogP contribution in [0.5, 0.6) is 0 Å². The van der Waals surface area contributed by atoms with Gasteiger partial charge in [0, 0.05) is 13.1 Å². The predicted molar refractivity (Wildman–Crippen MR) is 72.6 cm³/mol. The number of ether oxygens (including phenoxy) is 1. The first-order valence-corrected chi connectivity index (χ1v) is 7.55. The lowest BCUT2D eigenvalue weighted by atomic mass is 10.1. The van der Waals surface area contributed by atoms with Gasteiger partial charge in [0.05, 0.1) is 31.7 Å². The van der Waals surface area contributed by atoms with E-state index < -0.39 is 5.97 Å². The minimum Gasteiger partial charge on any atom is -0.481 e. The van der Waals surface area contributed by atoms with Crippen LogP contribution in [0.25, 0.3) is 0 Å². The maximum absolute atomic E-state index is 10.5. The highest BCUT2D eigenvalue weighted by molar-refractivity contribution is 5.66. The lowest BCUT2D eigenvalue weighted by Crippen LogP contribution is -2.37. The maximum atomic E-state index is 10.5. The average molecular weight is 295 g/mol. The Morgan fingerprint density at radius 3 is 2.71 bits per heavy atom. The average Bonchev–Trinajstić information content (AvgIpc) is 3.21. The number of aromatic nitrogens is 4. The molecular weight excluding hydrogens is 274 g/mol. The van der Waals surface area contributed by atoms with Crippen molar-refractivity contribution in [1.82, 2.24) is 25.1 Å². The number of carboxylic acids is 1. The van der Waals surface area contributed by atoms with Gasteiger partial charge in [-0.15, -0.1) is 5.10 Å². The minimum atomic E-state index is -0.806. The van der Waals surface area contributed by atoms with Crippen LogP contribution in [0, 0.1) is 0 Å². The predicted octanol–water partition coefficient (Wildman–Crippen LogP) is 0.464. The van der Waals surface area contributed by atoms with Gasteiger partial charge < -0.3 is 9.84 Å². The number of aliphatic carboxylic acids is 1. The Hall–Kier alpha value is -1.54. The third-order valence-electron chi connectivity index (χ3n) is 4.02. The normalized spacial score (nSPS) is 20.8. The SMILES string of the molecule is O=C(O)CCOC1CCN(Cc2nnnn2C2CC2)CC1. The second-order valence-corrected chi connectivity index (χ2v) is 5.76. The molecule has 1 N–H and O–H groups in total. The van der Waals surface area contributed by atoms with Crippen LogP contribution in [0.3, 0.4) is 0 Å². The van der Waals surface area contributed by atoms with Gasteiger partial charge in [-0.05, 0) is 36.1 Å². The fraction of sp³-hybridized carbons (Fsp3) is 0.846. The summed E-state index contributed by atoms with van der Waals surface area (Å²) in [6.45, 7) is 2.97. The second kappa shape index (κ2) is 6.48. The first-order chi connectivity index (χ1) is 10.2. The Labute approximate surface area is 123 Å². The van der Waals surface area contributed by atoms with E-state index in [1.54, 1.807) is 0 Å². The highest BCUT2D eigenvalue weighted by atomic mass is 16.5. The Bertz CT molecular complexity index is 480. The van der Waals surface area contributed by atoms with Crippen molar-refractivity contribution < 1.29 is 14.6 Å². The Kier molecular flexibility index (Phi) is 4.45. The van der Waals surface area contributed by atoms with Crippen molar-refractivity contribution >= 4 is 5.97 Å². The molecule has 0 unspecified atom stereocenters. The molecule has 21 heavy (non-hydrogen) atoms. The van der Waals surface area contributed by atoms with Crippen molar-refractivity contribution in [2.45, 2.75) is 50.8 Å². The summed E-state index contributed by atoms with van der Waals surface area (Å²) in [6.07, 6.45) is 4.49. The monoisotopic (exact) mass is 295 g/mol. The van der Waals surface area contributed by atoms with Crippen LogP contribution in [-0.4, -0.2) is 62.0 Å². The fourth-order valence-corrected chi connectivity index (χ4v) is 2.67. The summed E-state index contributed by atoms with van der Waals surface area (Å²) in [4.78, 5) is 12.8. The zero-order chi connectivity index (χ0) is 14.7. The summed E-state index contributed by atoms with van der Waals surface area (Å²) in [5.74, 6) is 0.141. The maximum Gasteiger partial charge on any atom is 0.305 e. The Morgan fingerprint density at radius 1 is 1.29 bits per heavy atom. The van der Waals surface area contributed by atoms with Crippen molar-refractivity contribution in [3.63, 3.8) is 0 Å². The van der Waals surface area contributed by atoms with E-state index in [2.05, 4.69) is 20.4 Å². The van der Waals surface area contributed by atoms with Gasteiger partial charge in [0.2, 0.25) is 0 Å². The topological polar surface area (TPSA) is 93.4 Å². The molecule has 2 fully saturated rings. The molecule has 1 saturated carbocycles. The van der Waals surface area contributed by atoms with E-state index in [9.17, 15) is 4.79 Å². The van der Waals surface area contributed by atoms with Crippen molar-refractivity contribution in [3.8, 4) is 0 Å². The molecule has 0 spiro atoms. The molecule has 2 aliphatic rings. The molecule has 0 aromatic carbocycles. The first-order valence-electron chi connectivity index (χ1n) is 7.55. The number of likely N-dealkylation sites (tertiary alicyclic amines) is 1. The van der Waals surface area contributed by atoms with Crippen LogP contribution in [-0.2, 0) is 16.1 Å². The first kappa shape index (κ1) is 14.4. The highest BCUT2D eigenvalue weighted by Gasteiger charge is 2.29. The summed E-state index contributed by atoms with van der Waals surface area (Å²) in [6, 6.07) is 0.506. The van der Waals surface area contributed by atoms with Crippen LogP contribution in [0.4, 0.5) is 0 Å². The van der Waals surface area contributed by atoms with Crippen LogP contribution in [0.2, 0.25) is 0 Å². The molecule has 1 saturated heterocycles. The molecule has 0 radical (unpaired) electrons. The molecule has 0 amide bonds. The number of rotatable bonds is 7. The third-order valence-corrected chi connectivity index (χ3v) is 4.02. The van der Waals surface area contributed by atoms with Gasteiger partial charge in [-0.2, -0.15) is 0 Å². The Balaban J connectivity index is 1.41. The fourth-order valence-electron chi connectivity index (χ4n) is 2.67. The van der Waals surface area contributed by atoms with Gasteiger partial charge >= 0.3 is 5.97 Å². The Morgan fingerprint density at radius 2 is 2.05 bits per heavy atom. The lowest BCUT2D eigenvalue weighted by molar-refractivity contribution is -0.138. The molecule has 1 aliphatic carbocycles. The third kappa shape index (κ3) is 3.98. The number of tetrazole rings is 1. The number of piperidine rings is 1. The van der Waals surface area contributed by atoms with E-state index >= 15 is 0 Å². The van der Waals surface area contributed by atoms with Crippen molar-refractivity contribution in [1.29, 1.82) is 0 Å². The highest BCUT2D eigenvalue weighted by Crippen LogP contribution is 2.34. The summed E-state index contributed by atoms with van der Waals surface area (Å²) in [5.41, 5.74) is 0.